The van der Waals surface area contributed by atoms with Gasteiger partial charge in [0.25, 0.3) is 5.69 Å². The molecule has 2 aliphatic rings. The third-order valence-corrected chi connectivity index (χ3v) is 3.43. The first-order valence-electron chi connectivity index (χ1n) is 6.42. The first kappa shape index (κ1) is 13.2. The Balaban J connectivity index is 1.73. The van der Waals surface area contributed by atoms with Gasteiger partial charge in [0.2, 0.25) is 0 Å². The third-order valence-electron chi connectivity index (χ3n) is 3.43. The van der Waals surface area contributed by atoms with Gasteiger partial charge in [0.15, 0.2) is 6.10 Å². The van der Waals surface area contributed by atoms with E-state index in [0.29, 0.717) is 36.5 Å². The van der Waals surface area contributed by atoms with Crippen LogP contribution in [0.2, 0.25) is 0 Å². The molecule has 1 aromatic carbocycles. The van der Waals surface area contributed by atoms with Crippen LogP contribution in [0.15, 0.2) is 39.6 Å². The number of nitro benzene ring substituents is 1. The van der Waals surface area contributed by atoms with Crippen LogP contribution in [0.1, 0.15) is 24.5 Å². The summed E-state index contributed by atoms with van der Waals surface area (Å²) < 4.78 is 0. The SMILES string of the molecule is O=[N+]([O-])c1ccc(C2CC(C3=NCC/C3=N/O)=NO2)cc1. The molecule has 0 saturated heterocycles. The zero-order valence-corrected chi connectivity index (χ0v) is 11.0. The predicted molar refractivity (Wildman–Crippen MR) is 75.1 cm³/mol. The zero-order valence-electron chi connectivity index (χ0n) is 11.0. The third kappa shape index (κ3) is 2.47. The highest BCUT2D eigenvalue weighted by atomic mass is 16.6. The van der Waals surface area contributed by atoms with Crippen LogP contribution in [0, 0.1) is 10.1 Å². The van der Waals surface area contributed by atoms with Gasteiger partial charge in [-0.3, -0.25) is 15.1 Å². The summed E-state index contributed by atoms with van der Waals surface area (Å²) in [6, 6.07) is 6.17. The van der Waals surface area contributed by atoms with E-state index in [0.717, 1.165) is 5.56 Å². The predicted octanol–water partition coefficient (Wildman–Crippen LogP) is 2.09. The Labute approximate surface area is 119 Å². The van der Waals surface area contributed by atoms with Gasteiger partial charge >= 0.3 is 0 Å². The van der Waals surface area contributed by atoms with Crippen molar-refractivity contribution < 1.29 is 15.0 Å². The summed E-state index contributed by atoms with van der Waals surface area (Å²) in [5.74, 6) is 0. The number of rotatable bonds is 3. The van der Waals surface area contributed by atoms with Gasteiger partial charge < -0.3 is 10.0 Å². The van der Waals surface area contributed by atoms with E-state index in [2.05, 4.69) is 15.3 Å². The number of aliphatic imine (C=N–C) groups is 1. The molecule has 21 heavy (non-hydrogen) atoms. The molecule has 0 fully saturated rings. The molecule has 3 rings (SSSR count). The van der Waals surface area contributed by atoms with Crippen LogP contribution in [0.3, 0.4) is 0 Å². The lowest BCUT2D eigenvalue weighted by molar-refractivity contribution is -0.384. The second-order valence-electron chi connectivity index (χ2n) is 4.71. The summed E-state index contributed by atoms with van der Waals surface area (Å²) in [5.41, 5.74) is 2.58. The quantitative estimate of drug-likeness (QED) is 0.521. The monoisotopic (exact) mass is 288 g/mol. The van der Waals surface area contributed by atoms with E-state index < -0.39 is 4.92 Å². The lowest BCUT2D eigenvalue weighted by Crippen LogP contribution is -2.19. The molecule has 1 unspecified atom stereocenters. The fraction of sp³-hybridized carbons (Fsp3) is 0.308. The summed E-state index contributed by atoms with van der Waals surface area (Å²) in [5, 5.41) is 26.7. The first-order valence-corrected chi connectivity index (χ1v) is 6.42. The van der Waals surface area contributed by atoms with Gasteiger partial charge in [0, 0.05) is 31.5 Å². The van der Waals surface area contributed by atoms with Crippen LogP contribution in [-0.4, -0.2) is 33.8 Å². The Morgan fingerprint density at radius 2 is 2.14 bits per heavy atom. The summed E-state index contributed by atoms with van der Waals surface area (Å²) in [7, 11) is 0. The van der Waals surface area contributed by atoms with Crippen molar-refractivity contribution in [1.82, 2.24) is 0 Å². The van der Waals surface area contributed by atoms with Crippen molar-refractivity contribution in [3.8, 4) is 0 Å². The highest BCUT2D eigenvalue weighted by Gasteiger charge is 2.30. The van der Waals surface area contributed by atoms with Gasteiger partial charge in [0.1, 0.15) is 17.1 Å². The van der Waals surface area contributed by atoms with Gasteiger partial charge in [-0.25, -0.2) is 0 Å². The summed E-state index contributed by atoms with van der Waals surface area (Å²) in [6.07, 6.45) is 0.784. The topological polar surface area (TPSA) is 110 Å². The van der Waals surface area contributed by atoms with Crippen molar-refractivity contribution >= 4 is 22.8 Å². The van der Waals surface area contributed by atoms with Crippen LogP contribution in [-0.2, 0) is 4.84 Å². The molecular formula is C13H12N4O4. The van der Waals surface area contributed by atoms with Gasteiger partial charge in [-0.15, -0.1) is 0 Å². The maximum absolute atomic E-state index is 10.6. The van der Waals surface area contributed by atoms with Crippen molar-refractivity contribution in [3.05, 3.63) is 39.9 Å². The molecule has 0 saturated carbocycles. The molecule has 0 amide bonds. The molecule has 0 spiro atoms. The van der Waals surface area contributed by atoms with Gasteiger partial charge in [-0.05, 0) is 17.7 Å². The average Bonchev–Trinajstić information content (AvgIpc) is 3.15. The van der Waals surface area contributed by atoms with E-state index in [1.54, 1.807) is 12.1 Å². The van der Waals surface area contributed by atoms with E-state index in [-0.39, 0.29) is 11.8 Å². The van der Waals surface area contributed by atoms with Crippen LogP contribution < -0.4 is 0 Å². The lowest BCUT2D eigenvalue weighted by Gasteiger charge is -2.07. The minimum Gasteiger partial charge on any atom is -0.411 e. The number of non-ortho nitro benzene ring substituents is 1. The fourth-order valence-electron chi connectivity index (χ4n) is 2.35. The van der Waals surface area contributed by atoms with Crippen molar-refractivity contribution in [3.63, 3.8) is 0 Å². The number of nitro groups is 1. The van der Waals surface area contributed by atoms with Gasteiger partial charge in [-0.1, -0.05) is 10.3 Å². The largest absolute Gasteiger partial charge is 0.411 e. The Morgan fingerprint density at radius 1 is 1.38 bits per heavy atom. The molecule has 108 valence electrons. The number of hydrogen-bond acceptors (Lipinski definition) is 7. The van der Waals surface area contributed by atoms with Crippen LogP contribution >= 0.6 is 0 Å². The molecule has 1 atom stereocenters. The standard InChI is InChI=1S/C13H12N4O4/c18-15-10-5-6-14-13(10)11-7-12(21-16-11)8-1-3-9(4-2-8)17(19)20/h1-4,12,18H,5-7H2/b15-10-. The van der Waals surface area contributed by atoms with Crippen molar-refractivity contribution in [2.24, 2.45) is 15.3 Å². The molecule has 0 aromatic heterocycles. The highest BCUT2D eigenvalue weighted by molar-refractivity contribution is 6.69. The molecule has 0 aliphatic carbocycles. The summed E-state index contributed by atoms with van der Waals surface area (Å²) in [6.45, 7) is 0.579. The molecule has 1 N–H and O–H groups in total. The number of oxime groups is 2. The number of nitrogens with zero attached hydrogens (tertiary/aromatic N) is 4. The van der Waals surface area contributed by atoms with Crippen molar-refractivity contribution in [1.29, 1.82) is 0 Å². The summed E-state index contributed by atoms with van der Waals surface area (Å²) >= 11 is 0. The molecule has 8 nitrogen and oxygen atoms in total. The molecule has 0 radical (unpaired) electrons. The van der Waals surface area contributed by atoms with E-state index in [9.17, 15) is 10.1 Å². The Hall–Kier alpha value is -2.77. The lowest BCUT2D eigenvalue weighted by atomic mass is 10.0. The van der Waals surface area contributed by atoms with Crippen LogP contribution in [0.4, 0.5) is 5.69 Å². The van der Waals surface area contributed by atoms with E-state index in [4.69, 9.17) is 10.0 Å². The van der Waals surface area contributed by atoms with Gasteiger partial charge in [0.05, 0.1) is 4.92 Å². The van der Waals surface area contributed by atoms with E-state index in [1.807, 2.05) is 0 Å². The molecule has 2 aliphatic heterocycles. The maximum Gasteiger partial charge on any atom is 0.269 e. The first-order chi connectivity index (χ1) is 10.2. The minimum absolute atomic E-state index is 0.0350. The van der Waals surface area contributed by atoms with E-state index in [1.165, 1.54) is 12.1 Å². The molecule has 0 bridgehead atoms. The Bertz CT molecular complexity index is 663. The van der Waals surface area contributed by atoms with Crippen molar-refractivity contribution in [2.45, 2.75) is 18.9 Å². The minimum atomic E-state index is -0.446. The van der Waals surface area contributed by atoms with Crippen LogP contribution in [0.25, 0.3) is 0 Å². The smallest absolute Gasteiger partial charge is 0.269 e. The summed E-state index contributed by atoms with van der Waals surface area (Å²) in [4.78, 5) is 19.8. The fourth-order valence-corrected chi connectivity index (χ4v) is 2.35. The maximum atomic E-state index is 10.6. The van der Waals surface area contributed by atoms with E-state index >= 15 is 0 Å². The molecule has 1 aromatic rings. The molecule has 2 heterocycles. The molecular weight excluding hydrogens is 276 g/mol. The number of hydrogen-bond donors (Lipinski definition) is 1. The Kier molecular flexibility index (Phi) is 3.35. The Morgan fingerprint density at radius 3 is 2.81 bits per heavy atom. The zero-order chi connectivity index (χ0) is 14.8. The normalized spacial score (nSPS) is 22.9. The number of benzene rings is 1. The second-order valence-corrected chi connectivity index (χ2v) is 4.71. The second kappa shape index (κ2) is 5.31. The average molecular weight is 288 g/mol. The van der Waals surface area contributed by atoms with Crippen LogP contribution in [0.5, 0.6) is 0 Å². The molecule has 8 heteroatoms. The van der Waals surface area contributed by atoms with Gasteiger partial charge in [-0.2, -0.15) is 0 Å². The highest BCUT2D eigenvalue weighted by Crippen LogP contribution is 2.29. The van der Waals surface area contributed by atoms with Crippen molar-refractivity contribution in [2.75, 3.05) is 6.54 Å².